The molecular weight excluding hydrogens is 372 g/mol. The number of para-hydroxylation sites is 1. The van der Waals surface area contributed by atoms with Gasteiger partial charge in [0.25, 0.3) is 0 Å². The zero-order valence-electron chi connectivity index (χ0n) is 15.9. The summed E-state index contributed by atoms with van der Waals surface area (Å²) in [5.74, 6) is -0.623. The molecule has 0 saturated heterocycles. The van der Waals surface area contributed by atoms with Crippen molar-refractivity contribution in [3.05, 3.63) is 59.7 Å². The van der Waals surface area contributed by atoms with Gasteiger partial charge in [-0.25, -0.2) is 0 Å². The van der Waals surface area contributed by atoms with Crippen molar-refractivity contribution < 1.29 is 24.5 Å². The van der Waals surface area contributed by atoms with E-state index < -0.39 is 0 Å². The lowest BCUT2D eigenvalue weighted by molar-refractivity contribution is -0.143. The third-order valence-electron chi connectivity index (χ3n) is 4.37. The van der Waals surface area contributed by atoms with E-state index in [1.54, 1.807) is 13.0 Å². The van der Waals surface area contributed by atoms with E-state index in [-0.39, 0.29) is 29.8 Å². The predicted molar refractivity (Wildman–Crippen MR) is 111 cm³/mol. The van der Waals surface area contributed by atoms with E-state index in [0.29, 0.717) is 24.4 Å². The second-order valence-corrected chi connectivity index (χ2v) is 6.40. The first kappa shape index (κ1) is 20.0. The van der Waals surface area contributed by atoms with Crippen LogP contribution in [0.25, 0.3) is 17.0 Å². The summed E-state index contributed by atoms with van der Waals surface area (Å²) in [6, 6.07) is 11.9. The average molecular weight is 394 g/mol. The Hall–Kier alpha value is -3.74. The number of carbonyl (C=O) groups excluding carboxylic acids is 2. The van der Waals surface area contributed by atoms with Gasteiger partial charge >= 0.3 is 5.97 Å². The van der Waals surface area contributed by atoms with Crippen LogP contribution in [0.1, 0.15) is 24.5 Å². The molecule has 0 aliphatic rings. The van der Waals surface area contributed by atoms with Gasteiger partial charge in [0.1, 0.15) is 5.82 Å². The summed E-state index contributed by atoms with van der Waals surface area (Å²) in [6.07, 6.45) is 3.48. The fraction of sp³-hybridized carbons (Fsp3) is 0.182. The number of phenolic OH excluding ortho intramolecular Hbond substituents is 2. The van der Waals surface area contributed by atoms with Crippen LogP contribution in [0.15, 0.2) is 48.5 Å². The average Bonchev–Trinajstić information content (AvgIpc) is 3.04. The van der Waals surface area contributed by atoms with Crippen LogP contribution in [-0.4, -0.2) is 33.7 Å². The molecule has 1 aromatic heterocycles. The molecule has 0 radical (unpaired) electrons. The van der Waals surface area contributed by atoms with Crippen LogP contribution < -0.4 is 5.32 Å². The van der Waals surface area contributed by atoms with Gasteiger partial charge in [0, 0.05) is 29.0 Å². The van der Waals surface area contributed by atoms with E-state index in [1.807, 2.05) is 24.3 Å². The number of phenols is 2. The fourth-order valence-electron chi connectivity index (χ4n) is 3.01. The molecule has 29 heavy (non-hydrogen) atoms. The highest BCUT2D eigenvalue weighted by Crippen LogP contribution is 2.28. The number of aromatic hydroxyl groups is 2. The van der Waals surface area contributed by atoms with Gasteiger partial charge in [0.2, 0.25) is 5.91 Å². The fourth-order valence-corrected chi connectivity index (χ4v) is 3.01. The zero-order chi connectivity index (χ0) is 20.8. The number of rotatable bonds is 7. The molecule has 0 spiro atoms. The summed E-state index contributed by atoms with van der Waals surface area (Å²) in [4.78, 5) is 27.3. The Balaban J connectivity index is 1.78. The number of benzene rings is 2. The minimum Gasteiger partial charge on any atom is -0.504 e. The third-order valence-corrected chi connectivity index (χ3v) is 4.37. The van der Waals surface area contributed by atoms with E-state index in [2.05, 4.69) is 10.3 Å². The van der Waals surface area contributed by atoms with Crippen molar-refractivity contribution in [1.82, 2.24) is 4.98 Å². The first-order chi connectivity index (χ1) is 14.0. The number of fused-ring (bicyclic) bond motifs is 1. The molecule has 4 N–H and O–H groups in total. The molecule has 0 atom stereocenters. The molecule has 0 unspecified atom stereocenters. The Morgan fingerprint density at radius 3 is 2.69 bits per heavy atom. The van der Waals surface area contributed by atoms with Crippen molar-refractivity contribution in [2.75, 3.05) is 11.9 Å². The number of hydrogen-bond donors (Lipinski definition) is 4. The van der Waals surface area contributed by atoms with Crippen LogP contribution in [0.5, 0.6) is 11.5 Å². The van der Waals surface area contributed by atoms with Gasteiger partial charge in [-0.1, -0.05) is 24.3 Å². The number of ether oxygens (including phenoxy) is 1. The minimum absolute atomic E-state index is 0.210. The highest BCUT2D eigenvalue weighted by Gasteiger charge is 2.14. The van der Waals surface area contributed by atoms with E-state index in [4.69, 9.17) is 4.74 Å². The lowest BCUT2D eigenvalue weighted by Gasteiger charge is -2.06. The number of anilines is 1. The number of amides is 1. The topological polar surface area (TPSA) is 112 Å². The Kier molecular flexibility index (Phi) is 6.19. The number of aromatic amines is 1. The lowest BCUT2D eigenvalue weighted by Crippen LogP contribution is -2.11. The van der Waals surface area contributed by atoms with Gasteiger partial charge < -0.3 is 25.3 Å². The molecule has 0 saturated carbocycles. The first-order valence-electron chi connectivity index (χ1n) is 9.24. The molecule has 3 aromatic rings. The van der Waals surface area contributed by atoms with Crippen LogP contribution in [0.4, 0.5) is 5.82 Å². The van der Waals surface area contributed by atoms with Gasteiger partial charge in [-0.15, -0.1) is 0 Å². The zero-order valence-corrected chi connectivity index (χ0v) is 15.9. The van der Waals surface area contributed by atoms with Gasteiger partial charge in [-0.05, 0) is 43.2 Å². The number of nitrogens with one attached hydrogen (secondary N) is 2. The van der Waals surface area contributed by atoms with Gasteiger partial charge in [-0.2, -0.15) is 0 Å². The van der Waals surface area contributed by atoms with Crippen LogP contribution in [-0.2, 0) is 20.7 Å². The molecule has 1 heterocycles. The minimum atomic E-state index is -0.374. The Morgan fingerprint density at radius 1 is 1.14 bits per heavy atom. The normalized spacial score (nSPS) is 11.1. The maximum Gasteiger partial charge on any atom is 0.306 e. The molecule has 3 rings (SSSR count). The highest BCUT2D eigenvalue weighted by atomic mass is 16.5. The van der Waals surface area contributed by atoms with Crippen LogP contribution >= 0.6 is 0 Å². The molecule has 150 valence electrons. The van der Waals surface area contributed by atoms with Crippen LogP contribution in [0.3, 0.4) is 0 Å². The van der Waals surface area contributed by atoms with Crippen molar-refractivity contribution in [1.29, 1.82) is 0 Å². The lowest BCUT2D eigenvalue weighted by atomic mass is 10.1. The molecule has 1 amide bonds. The van der Waals surface area contributed by atoms with E-state index in [1.165, 1.54) is 24.3 Å². The van der Waals surface area contributed by atoms with Crippen molar-refractivity contribution in [2.45, 2.75) is 19.8 Å². The van der Waals surface area contributed by atoms with Gasteiger partial charge in [0.15, 0.2) is 11.5 Å². The van der Waals surface area contributed by atoms with Crippen molar-refractivity contribution in [3.8, 4) is 11.5 Å². The number of carbonyl (C=O) groups is 2. The number of aromatic nitrogens is 1. The number of H-pyrrole nitrogens is 1. The molecule has 7 heteroatoms. The summed E-state index contributed by atoms with van der Waals surface area (Å²) in [6.45, 7) is 2.09. The summed E-state index contributed by atoms with van der Waals surface area (Å²) in [5, 5.41) is 22.6. The van der Waals surface area contributed by atoms with Gasteiger partial charge in [-0.3, -0.25) is 9.59 Å². The summed E-state index contributed by atoms with van der Waals surface area (Å²) >= 11 is 0. The molecular formula is C22H22N2O5. The van der Waals surface area contributed by atoms with Crippen LogP contribution in [0.2, 0.25) is 0 Å². The van der Waals surface area contributed by atoms with E-state index in [0.717, 1.165) is 16.5 Å². The van der Waals surface area contributed by atoms with Crippen molar-refractivity contribution in [3.63, 3.8) is 0 Å². The summed E-state index contributed by atoms with van der Waals surface area (Å²) < 4.78 is 4.99. The summed E-state index contributed by atoms with van der Waals surface area (Å²) in [7, 11) is 0. The SMILES string of the molecule is CCOC(=O)CCc1c(NC(=O)C=Cc2ccc(O)c(O)c2)[nH]c2ccccc12. The second-order valence-electron chi connectivity index (χ2n) is 6.40. The highest BCUT2D eigenvalue weighted by molar-refractivity contribution is 6.04. The smallest absolute Gasteiger partial charge is 0.306 e. The number of aryl methyl sites for hydroxylation is 1. The molecule has 0 fully saturated rings. The summed E-state index contributed by atoms with van der Waals surface area (Å²) in [5.41, 5.74) is 2.25. The number of esters is 1. The quantitative estimate of drug-likeness (QED) is 0.277. The second kappa shape index (κ2) is 8.97. The standard InChI is InChI=1S/C22H22N2O5/c1-2-29-21(28)12-9-16-15-5-3-4-6-17(15)23-22(16)24-20(27)11-8-14-7-10-18(25)19(26)13-14/h3-8,10-11,13,23,25-26H,2,9,12H2,1H3,(H,24,27). The molecule has 0 aliphatic heterocycles. The van der Waals surface area contributed by atoms with E-state index in [9.17, 15) is 19.8 Å². The van der Waals surface area contributed by atoms with Crippen LogP contribution in [0, 0.1) is 0 Å². The predicted octanol–water partition coefficient (Wildman–Crippen LogP) is 3.73. The third kappa shape index (κ3) is 4.95. The maximum atomic E-state index is 12.4. The number of hydrogen-bond acceptors (Lipinski definition) is 5. The molecule has 0 aliphatic carbocycles. The first-order valence-corrected chi connectivity index (χ1v) is 9.24. The Labute approximate surface area is 167 Å². The molecule has 7 nitrogen and oxygen atoms in total. The molecule has 0 bridgehead atoms. The largest absolute Gasteiger partial charge is 0.504 e. The Morgan fingerprint density at radius 2 is 1.93 bits per heavy atom. The van der Waals surface area contributed by atoms with Crippen molar-refractivity contribution in [2.24, 2.45) is 0 Å². The molecule has 2 aromatic carbocycles. The Bertz CT molecular complexity index is 1070. The van der Waals surface area contributed by atoms with E-state index >= 15 is 0 Å². The maximum absolute atomic E-state index is 12.4. The van der Waals surface area contributed by atoms with Crippen molar-refractivity contribution >= 4 is 34.7 Å². The van der Waals surface area contributed by atoms with Gasteiger partial charge in [0.05, 0.1) is 6.61 Å². The monoisotopic (exact) mass is 394 g/mol.